The van der Waals surface area contributed by atoms with Crippen molar-refractivity contribution in [3.8, 4) is 5.75 Å². The van der Waals surface area contributed by atoms with E-state index in [9.17, 15) is 4.79 Å². The molecule has 0 fully saturated rings. The van der Waals surface area contributed by atoms with Gasteiger partial charge in [0.15, 0.2) is 5.75 Å². The van der Waals surface area contributed by atoms with Crippen molar-refractivity contribution in [2.75, 3.05) is 6.61 Å². The maximum absolute atomic E-state index is 11.9. The first kappa shape index (κ1) is 15.9. The van der Waals surface area contributed by atoms with E-state index in [1.54, 1.807) is 12.1 Å². The summed E-state index contributed by atoms with van der Waals surface area (Å²) in [5, 5.41) is 4.12. The number of hydrogen-bond acceptors (Lipinski definition) is 3. The van der Waals surface area contributed by atoms with Gasteiger partial charge < -0.3 is 9.47 Å². The van der Waals surface area contributed by atoms with Crippen LogP contribution in [0.2, 0.25) is 10.0 Å². The van der Waals surface area contributed by atoms with Gasteiger partial charge in [0.1, 0.15) is 0 Å². The topological polar surface area (TPSA) is 35.5 Å². The molecule has 0 aliphatic rings. The van der Waals surface area contributed by atoms with Gasteiger partial charge >= 0.3 is 6.16 Å². The monoisotopic (exact) mass is 348 g/mol. The van der Waals surface area contributed by atoms with E-state index in [1.165, 1.54) is 0 Å². The molecule has 23 heavy (non-hydrogen) atoms. The van der Waals surface area contributed by atoms with E-state index in [1.807, 2.05) is 37.3 Å². The van der Waals surface area contributed by atoms with Crippen LogP contribution < -0.4 is 4.74 Å². The van der Waals surface area contributed by atoms with E-state index in [0.717, 1.165) is 22.6 Å². The summed E-state index contributed by atoms with van der Waals surface area (Å²) in [5.41, 5.74) is 0. The Labute approximate surface area is 143 Å². The number of halogens is 2. The van der Waals surface area contributed by atoms with Gasteiger partial charge in [-0.1, -0.05) is 54.4 Å². The van der Waals surface area contributed by atoms with Gasteiger partial charge in [-0.2, -0.15) is 0 Å². The first-order valence-electron chi connectivity index (χ1n) is 7.25. The first-order chi connectivity index (χ1) is 11.1. The zero-order valence-corrected chi connectivity index (χ0v) is 13.9. The van der Waals surface area contributed by atoms with E-state index < -0.39 is 6.16 Å². The van der Waals surface area contributed by atoms with Crippen LogP contribution >= 0.6 is 23.2 Å². The molecule has 0 bridgehead atoms. The van der Waals surface area contributed by atoms with Crippen LogP contribution in [0.15, 0.2) is 42.5 Å². The number of fused-ring (bicyclic) bond motifs is 2. The smallest absolute Gasteiger partial charge is 0.434 e. The summed E-state index contributed by atoms with van der Waals surface area (Å²) in [6.45, 7) is 2.22. The summed E-state index contributed by atoms with van der Waals surface area (Å²) in [4.78, 5) is 11.9. The standard InChI is InChI=1S/C18H14Cl2O3/c1-2-7-22-18(21)23-17-14-6-4-3-5-11(14)8-12-9-13(19)10-15(20)16(12)17/h3-6,8-10H,2,7H2,1H3. The van der Waals surface area contributed by atoms with Gasteiger partial charge in [-0.05, 0) is 35.4 Å². The van der Waals surface area contributed by atoms with Gasteiger partial charge in [0.25, 0.3) is 0 Å². The molecular formula is C18H14Cl2O3. The lowest BCUT2D eigenvalue weighted by Crippen LogP contribution is -2.11. The molecule has 0 aliphatic heterocycles. The van der Waals surface area contributed by atoms with E-state index in [-0.39, 0.29) is 0 Å². The zero-order valence-electron chi connectivity index (χ0n) is 12.4. The summed E-state index contributed by atoms with van der Waals surface area (Å²) < 4.78 is 10.5. The van der Waals surface area contributed by atoms with E-state index in [4.69, 9.17) is 32.7 Å². The Balaban J connectivity index is 2.23. The molecule has 0 aliphatic carbocycles. The highest BCUT2D eigenvalue weighted by Gasteiger charge is 2.16. The summed E-state index contributed by atoms with van der Waals surface area (Å²) in [6, 6.07) is 13.0. The molecule has 0 spiro atoms. The second kappa shape index (κ2) is 6.65. The Hall–Kier alpha value is -1.97. The fourth-order valence-electron chi connectivity index (χ4n) is 2.48. The highest BCUT2D eigenvalue weighted by molar-refractivity contribution is 6.39. The third-order valence-electron chi connectivity index (χ3n) is 3.44. The molecule has 3 aromatic rings. The van der Waals surface area contributed by atoms with Crippen LogP contribution in [0.4, 0.5) is 4.79 Å². The van der Waals surface area contributed by atoms with Crippen molar-refractivity contribution in [1.29, 1.82) is 0 Å². The van der Waals surface area contributed by atoms with Gasteiger partial charge in [-0.15, -0.1) is 0 Å². The average molecular weight is 349 g/mol. The lowest BCUT2D eigenvalue weighted by atomic mass is 10.0. The molecule has 0 saturated carbocycles. The molecule has 0 unspecified atom stereocenters. The third kappa shape index (κ3) is 3.21. The van der Waals surface area contributed by atoms with Crippen LogP contribution in [0.5, 0.6) is 5.75 Å². The predicted octanol–water partition coefficient (Wildman–Crippen LogP) is 6.23. The normalized spacial score (nSPS) is 10.9. The Morgan fingerprint density at radius 1 is 1.09 bits per heavy atom. The Morgan fingerprint density at radius 2 is 1.87 bits per heavy atom. The van der Waals surface area contributed by atoms with E-state index >= 15 is 0 Å². The second-order valence-corrected chi connectivity index (χ2v) is 5.96. The van der Waals surface area contributed by atoms with E-state index in [2.05, 4.69) is 0 Å². The average Bonchev–Trinajstić information content (AvgIpc) is 2.52. The van der Waals surface area contributed by atoms with Crippen molar-refractivity contribution in [3.63, 3.8) is 0 Å². The molecular weight excluding hydrogens is 335 g/mol. The number of ether oxygens (including phenoxy) is 2. The number of carbonyl (C=O) groups is 1. The second-order valence-electron chi connectivity index (χ2n) is 5.11. The molecule has 0 saturated heterocycles. The van der Waals surface area contributed by atoms with Crippen LogP contribution in [0.25, 0.3) is 21.5 Å². The summed E-state index contributed by atoms with van der Waals surface area (Å²) in [6.07, 6.45) is -0.0163. The number of hydrogen-bond donors (Lipinski definition) is 0. The fraction of sp³-hybridized carbons (Fsp3) is 0.167. The third-order valence-corrected chi connectivity index (χ3v) is 3.95. The highest BCUT2D eigenvalue weighted by Crippen LogP contribution is 2.40. The summed E-state index contributed by atoms with van der Waals surface area (Å²) in [5.74, 6) is 0.390. The van der Waals surface area contributed by atoms with Crippen LogP contribution in [-0.4, -0.2) is 12.8 Å². The molecule has 0 radical (unpaired) electrons. The van der Waals surface area contributed by atoms with E-state index in [0.29, 0.717) is 27.8 Å². The lowest BCUT2D eigenvalue weighted by molar-refractivity contribution is 0.100. The number of carbonyl (C=O) groups excluding carboxylic acids is 1. The maximum atomic E-state index is 11.9. The fourth-order valence-corrected chi connectivity index (χ4v) is 3.08. The van der Waals surface area contributed by atoms with Gasteiger partial charge in [-0.25, -0.2) is 4.79 Å². The van der Waals surface area contributed by atoms with Gasteiger partial charge in [0.2, 0.25) is 0 Å². The van der Waals surface area contributed by atoms with Crippen LogP contribution in [-0.2, 0) is 4.74 Å². The molecule has 3 rings (SSSR count). The molecule has 118 valence electrons. The van der Waals surface area contributed by atoms with Crippen molar-refractivity contribution in [3.05, 3.63) is 52.5 Å². The van der Waals surface area contributed by atoms with Crippen molar-refractivity contribution in [2.45, 2.75) is 13.3 Å². The van der Waals surface area contributed by atoms with Crippen molar-refractivity contribution < 1.29 is 14.3 Å². The van der Waals surface area contributed by atoms with Crippen LogP contribution in [0, 0.1) is 0 Å². The molecule has 0 heterocycles. The lowest BCUT2D eigenvalue weighted by Gasteiger charge is -2.13. The minimum absolute atomic E-state index is 0.307. The first-order valence-corrected chi connectivity index (χ1v) is 8.01. The maximum Gasteiger partial charge on any atom is 0.513 e. The zero-order chi connectivity index (χ0) is 16.4. The van der Waals surface area contributed by atoms with Crippen molar-refractivity contribution in [1.82, 2.24) is 0 Å². The number of rotatable bonds is 3. The molecule has 0 amide bonds. The van der Waals surface area contributed by atoms with Gasteiger partial charge in [0.05, 0.1) is 11.6 Å². The highest BCUT2D eigenvalue weighted by atomic mass is 35.5. The summed E-state index contributed by atoms with van der Waals surface area (Å²) >= 11 is 12.4. The van der Waals surface area contributed by atoms with Crippen molar-refractivity contribution >= 4 is 50.9 Å². The summed E-state index contributed by atoms with van der Waals surface area (Å²) in [7, 11) is 0. The molecule has 5 heteroatoms. The molecule has 0 N–H and O–H groups in total. The van der Waals surface area contributed by atoms with Gasteiger partial charge in [-0.3, -0.25) is 0 Å². The molecule has 0 aromatic heterocycles. The molecule has 3 aromatic carbocycles. The SMILES string of the molecule is CCCOC(=O)Oc1c2ccccc2cc2cc(Cl)cc(Cl)c12. The molecule has 0 atom stereocenters. The van der Waals surface area contributed by atoms with Crippen LogP contribution in [0.3, 0.4) is 0 Å². The number of benzene rings is 3. The Kier molecular flexibility index (Phi) is 4.60. The Morgan fingerprint density at radius 3 is 2.65 bits per heavy atom. The predicted molar refractivity (Wildman–Crippen MR) is 93.7 cm³/mol. The Bertz CT molecular complexity index is 890. The minimum Gasteiger partial charge on any atom is -0.434 e. The molecule has 3 nitrogen and oxygen atoms in total. The largest absolute Gasteiger partial charge is 0.513 e. The van der Waals surface area contributed by atoms with Crippen LogP contribution in [0.1, 0.15) is 13.3 Å². The minimum atomic E-state index is -0.740. The van der Waals surface area contributed by atoms with Gasteiger partial charge in [0, 0.05) is 15.8 Å². The quantitative estimate of drug-likeness (QED) is 0.320. The van der Waals surface area contributed by atoms with Crippen molar-refractivity contribution in [2.24, 2.45) is 0 Å².